The Hall–Kier alpha value is -3.70. The average Bonchev–Trinajstić information content (AvgIpc) is 3.44. The van der Waals surface area contributed by atoms with Gasteiger partial charge in [0.15, 0.2) is 0 Å². The van der Waals surface area contributed by atoms with Crippen LogP contribution in [-0.4, -0.2) is 18.9 Å². The lowest BCUT2D eigenvalue weighted by molar-refractivity contribution is -0.136. The van der Waals surface area contributed by atoms with Gasteiger partial charge >= 0.3 is 6.18 Å². The number of thiophene rings is 1. The first kappa shape index (κ1) is 23.5. The lowest BCUT2D eigenvalue weighted by Gasteiger charge is -2.16. The summed E-state index contributed by atoms with van der Waals surface area (Å²) in [5.41, 5.74) is -1.42. The zero-order chi connectivity index (χ0) is 24.5. The molecule has 0 unspecified atom stereocenters. The third-order valence-corrected chi connectivity index (χ3v) is 6.07. The Morgan fingerprint density at radius 1 is 1.09 bits per heavy atom. The molecule has 0 saturated carbocycles. The van der Waals surface area contributed by atoms with Crippen molar-refractivity contribution in [3.05, 3.63) is 82.4 Å². The number of rotatable bonds is 6. The van der Waals surface area contributed by atoms with Crippen molar-refractivity contribution < 1.29 is 36.3 Å². The minimum Gasteiger partial charge on any atom is -0.472 e. The number of benzene rings is 2. The number of hydrogen-bond donors (Lipinski definition) is 2. The molecule has 4 rings (SSSR count). The summed E-state index contributed by atoms with van der Waals surface area (Å²) in [6.07, 6.45) is -2.42. The predicted molar refractivity (Wildman–Crippen MR) is 119 cm³/mol. The molecule has 0 atom stereocenters. The molecule has 4 aromatic rings. The Morgan fingerprint density at radius 3 is 2.56 bits per heavy atom. The maximum atomic E-state index is 14.4. The molecule has 2 aromatic carbocycles. The highest BCUT2D eigenvalue weighted by Crippen LogP contribution is 2.38. The van der Waals surface area contributed by atoms with E-state index in [0.717, 1.165) is 23.7 Å². The predicted octanol–water partition coefficient (Wildman–Crippen LogP) is 6.30. The van der Waals surface area contributed by atoms with E-state index in [4.69, 9.17) is 9.15 Å². The maximum Gasteiger partial charge on any atom is 0.418 e. The first-order valence-corrected chi connectivity index (χ1v) is 10.6. The fourth-order valence-electron chi connectivity index (χ4n) is 3.37. The van der Waals surface area contributed by atoms with Gasteiger partial charge in [-0.15, -0.1) is 11.3 Å². The molecule has 34 heavy (non-hydrogen) atoms. The second-order valence-corrected chi connectivity index (χ2v) is 8.19. The van der Waals surface area contributed by atoms with Gasteiger partial charge in [-0.3, -0.25) is 9.59 Å². The van der Waals surface area contributed by atoms with Crippen LogP contribution in [0.2, 0.25) is 0 Å². The fraction of sp³-hybridized carbons (Fsp3) is 0.130. The molecule has 2 heterocycles. The highest BCUT2D eigenvalue weighted by molar-refractivity contribution is 7.21. The molecule has 0 aliphatic rings. The standard InChI is InChI=1S/C23H16F4N2O4S/c1-32-11-14-19-16(24)3-2-4-18(19)34-20(14)22(31)29-17-6-5-13(9-15(17)23(25,26)27)28-21(30)12-7-8-33-10-12/h2-10H,11H2,1H3,(H,28,30)(H,29,31). The van der Waals surface area contributed by atoms with Gasteiger partial charge in [0.1, 0.15) is 12.1 Å². The van der Waals surface area contributed by atoms with Crippen LogP contribution in [0.15, 0.2) is 59.4 Å². The van der Waals surface area contributed by atoms with Crippen molar-refractivity contribution in [2.24, 2.45) is 0 Å². The number of furan rings is 1. The Labute approximate surface area is 194 Å². The molecule has 11 heteroatoms. The van der Waals surface area contributed by atoms with Gasteiger partial charge in [0.05, 0.1) is 34.6 Å². The summed E-state index contributed by atoms with van der Waals surface area (Å²) in [6.45, 7) is -0.102. The van der Waals surface area contributed by atoms with E-state index in [2.05, 4.69) is 10.6 Å². The Morgan fingerprint density at radius 2 is 1.88 bits per heavy atom. The van der Waals surface area contributed by atoms with Crippen molar-refractivity contribution in [3.63, 3.8) is 0 Å². The number of ether oxygens (including phenoxy) is 1. The molecule has 2 N–H and O–H groups in total. The quantitative estimate of drug-likeness (QED) is 0.310. The van der Waals surface area contributed by atoms with Crippen molar-refractivity contribution in [1.29, 1.82) is 0 Å². The third kappa shape index (κ3) is 4.66. The summed E-state index contributed by atoms with van der Waals surface area (Å²) in [5, 5.41) is 4.81. The first-order valence-electron chi connectivity index (χ1n) is 9.74. The minimum absolute atomic E-state index is 0.0346. The third-order valence-electron chi connectivity index (χ3n) is 4.87. The average molecular weight is 492 g/mol. The number of nitrogens with one attached hydrogen (secondary N) is 2. The van der Waals surface area contributed by atoms with Crippen LogP contribution in [0.3, 0.4) is 0 Å². The molecule has 176 valence electrons. The molecular weight excluding hydrogens is 476 g/mol. The first-order chi connectivity index (χ1) is 16.2. The van der Waals surface area contributed by atoms with Crippen molar-refractivity contribution in [1.82, 2.24) is 0 Å². The van der Waals surface area contributed by atoms with Crippen LogP contribution in [-0.2, 0) is 17.5 Å². The zero-order valence-electron chi connectivity index (χ0n) is 17.5. The van der Waals surface area contributed by atoms with Gasteiger partial charge in [-0.25, -0.2) is 4.39 Å². The van der Waals surface area contributed by atoms with Crippen molar-refractivity contribution in [2.45, 2.75) is 12.8 Å². The van der Waals surface area contributed by atoms with Crippen LogP contribution in [0.4, 0.5) is 28.9 Å². The number of carbonyl (C=O) groups is 2. The number of alkyl halides is 3. The van der Waals surface area contributed by atoms with E-state index < -0.39 is 35.1 Å². The molecule has 0 aliphatic carbocycles. The number of fused-ring (bicyclic) bond motifs is 1. The minimum atomic E-state index is -4.83. The van der Waals surface area contributed by atoms with E-state index in [-0.39, 0.29) is 33.7 Å². The van der Waals surface area contributed by atoms with Crippen LogP contribution >= 0.6 is 11.3 Å². The van der Waals surface area contributed by atoms with Gasteiger partial charge in [0.25, 0.3) is 11.8 Å². The largest absolute Gasteiger partial charge is 0.472 e. The van der Waals surface area contributed by atoms with Gasteiger partial charge in [-0.1, -0.05) is 6.07 Å². The molecular formula is C23H16F4N2O4S. The van der Waals surface area contributed by atoms with Crippen molar-refractivity contribution in [3.8, 4) is 0 Å². The van der Waals surface area contributed by atoms with Crippen molar-refractivity contribution in [2.75, 3.05) is 17.7 Å². The summed E-state index contributed by atoms with van der Waals surface area (Å²) >= 11 is 0.950. The van der Waals surface area contributed by atoms with E-state index in [1.165, 1.54) is 37.6 Å². The second kappa shape index (κ2) is 9.27. The van der Waals surface area contributed by atoms with Crippen LogP contribution in [0.25, 0.3) is 10.1 Å². The van der Waals surface area contributed by atoms with Crippen LogP contribution in [0.1, 0.15) is 31.2 Å². The Kier molecular flexibility index (Phi) is 6.40. The number of anilines is 2. The van der Waals surface area contributed by atoms with Crippen LogP contribution < -0.4 is 10.6 Å². The van der Waals surface area contributed by atoms with Crippen LogP contribution in [0.5, 0.6) is 0 Å². The normalized spacial score (nSPS) is 11.6. The molecule has 0 bridgehead atoms. The van der Waals surface area contributed by atoms with Gasteiger partial charge in [0, 0.05) is 28.4 Å². The van der Waals surface area contributed by atoms with Crippen molar-refractivity contribution >= 4 is 44.6 Å². The van der Waals surface area contributed by atoms with E-state index in [1.807, 2.05) is 0 Å². The smallest absolute Gasteiger partial charge is 0.418 e. The van der Waals surface area contributed by atoms with E-state index in [1.54, 1.807) is 6.07 Å². The molecule has 0 spiro atoms. The van der Waals surface area contributed by atoms with Crippen LogP contribution in [0, 0.1) is 5.82 Å². The topological polar surface area (TPSA) is 80.6 Å². The number of methoxy groups -OCH3 is 1. The van der Waals surface area contributed by atoms with E-state index >= 15 is 0 Å². The molecule has 0 fully saturated rings. The van der Waals surface area contributed by atoms with Gasteiger partial charge < -0.3 is 19.8 Å². The maximum absolute atomic E-state index is 14.4. The molecule has 0 radical (unpaired) electrons. The molecule has 6 nitrogen and oxygen atoms in total. The fourth-order valence-corrected chi connectivity index (χ4v) is 4.49. The molecule has 0 saturated heterocycles. The number of amides is 2. The number of hydrogen-bond acceptors (Lipinski definition) is 5. The summed E-state index contributed by atoms with van der Waals surface area (Å²) in [4.78, 5) is 25.1. The lowest BCUT2D eigenvalue weighted by Crippen LogP contribution is -2.18. The molecule has 0 aliphatic heterocycles. The molecule has 2 amide bonds. The number of halogens is 4. The monoisotopic (exact) mass is 492 g/mol. The Bertz CT molecular complexity index is 1360. The second-order valence-electron chi connectivity index (χ2n) is 7.13. The summed E-state index contributed by atoms with van der Waals surface area (Å²) in [5.74, 6) is -2.06. The summed E-state index contributed by atoms with van der Waals surface area (Å²) in [7, 11) is 1.37. The van der Waals surface area contributed by atoms with Gasteiger partial charge in [-0.2, -0.15) is 13.2 Å². The lowest BCUT2D eigenvalue weighted by atomic mass is 10.1. The summed E-state index contributed by atoms with van der Waals surface area (Å²) in [6, 6.07) is 8.66. The number of carbonyl (C=O) groups excluding carboxylic acids is 2. The van der Waals surface area contributed by atoms with E-state index in [0.29, 0.717) is 10.8 Å². The zero-order valence-corrected chi connectivity index (χ0v) is 18.3. The summed E-state index contributed by atoms with van der Waals surface area (Å²) < 4.78 is 66.0. The highest BCUT2D eigenvalue weighted by Gasteiger charge is 2.35. The Balaban J connectivity index is 1.67. The van der Waals surface area contributed by atoms with Gasteiger partial charge in [0.2, 0.25) is 0 Å². The van der Waals surface area contributed by atoms with Gasteiger partial charge in [-0.05, 0) is 36.4 Å². The van der Waals surface area contributed by atoms with E-state index in [9.17, 15) is 27.2 Å². The molecule has 2 aromatic heterocycles. The highest BCUT2D eigenvalue weighted by atomic mass is 32.1. The SMILES string of the molecule is COCc1c(C(=O)Nc2ccc(NC(=O)c3ccoc3)cc2C(F)(F)F)sc2cccc(F)c12.